The van der Waals surface area contributed by atoms with Crippen LogP contribution in [0.4, 0.5) is 0 Å². The topological polar surface area (TPSA) is 42.4 Å². The smallest absolute Gasteiger partial charge is 0.118 e. The fraction of sp³-hybridized carbons (Fsp3) is 0.714. The minimum Gasteiger partial charge on any atom is -0.465 e. The van der Waals surface area contributed by atoms with Gasteiger partial charge in [-0.15, -0.1) is 0 Å². The van der Waals surface area contributed by atoms with Crippen molar-refractivity contribution in [3.8, 4) is 0 Å². The third-order valence-electron chi connectivity index (χ3n) is 3.67. The van der Waals surface area contributed by atoms with Crippen LogP contribution in [0.3, 0.4) is 0 Å². The van der Waals surface area contributed by atoms with Crippen LogP contribution in [0, 0.1) is 0 Å². The Kier molecular flexibility index (Phi) is 4.63. The molecular formula is C14H24N2O. The van der Waals surface area contributed by atoms with E-state index in [4.69, 9.17) is 10.2 Å². The molecular weight excluding hydrogens is 212 g/mol. The molecule has 1 aliphatic heterocycles. The van der Waals surface area contributed by atoms with E-state index in [0.717, 1.165) is 37.5 Å². The second kappa shape index (κ2) is 6.22. The fourth-order valence-electron chi connectivity index (χ4n) is 2.68. The van der Waals surface area contributed by atoms with Crippen LogP contribution in [0.25, 0.3) is 0 Å². The summed E-state index contributed by atoms with van der Waals surface area (Å²) in [5.41, 5.74) is 5.69. The number of likely N-dealkylation sites (tertiary alicyclic amines) is 1. The molecule has 0 aromatic carbocycles. The second-order valence-electron chi connectivity index (χ2n) is 4.92. The van der Waals surface area contributed by atoms with Crippen molar-refractivity contribution >= 4 is 0 Å². The fourth-order valence-corrected chi connectivity index (χ4v) is 2.68. The third-order valence-corrected chi connectivity index (χ3v) is 3.67. The van der Waals surface area contributed by atoms with Crippen molar-refractivity contribution in [2.45, 2.75) is 51.6 Å². The first kappa shape index (κ1) is 12.7. The highest BCUT2D eigenvalue weighted by atomic mass is 16.3. The molecule has 0 amide bonds. The lowest BCUT2D eigenvalue weighted by Gasteiger charge is -2.35. The number of furan rings is 1. The Morgan fingerprint density at radius 3 is 2.88 bits per heavy atom. The van der Waals surface area contributed by atoms with Crippen LogP contribution >= 0.6 is 0 Å². The Bertz CT molecular complexity index is 333. The van der Waals surface area contributed by atoms with E-state index in [-0.39, 0.29) is 0 Å². The Labute approximate surface area is 104 Å². The molecule has 3 nitrogen and oxygen atoms in total. The van der Waals surface area contributed by atoms with Crippen molar-refractivity contribution in [2.24, 2.45) is 5.73 Å². The molecule has 2 N–H and O–H groups in total. The average molecular weight is 236 g/mol. The van der Waals surface area contributed by atoms with Gasteiger partial charge in [0.05, 0.1) is 6.54 Å². The van der Waals surface area contributed by atoms with Crippen LogP contribution in [0.15, 0.2) is 16.5 Å². The normalized spacial score (nSPS) is 21.9. The van der Waals surface area contributed by atoms with E-state index in [1.807, 2.05) is 0 Å². The second-order valence-corrected chi connectivity index (χ2v) is 4.92. The molecule has 2 rings (SSSR count). The molecule has 1 fully saturated rings. The largest absolute Gasteiger partial charge is 0.465 e. The number of hydrogen-bond acceptors (Lipinski definition) is 3. The standard InChI is InChI=1S/C14H24N2O/c1-2-13-6-7-14(17-13)11-16-10-4-3-5-12(16)8-9-15/h6-7,12H,2-5,8-11,15H2,1H3. The Hall–Kier alpha value is -0.800. The Morgan fingerprint density at radius 1 is 1.35 bits per heavy atom. The summed E-state index contributed by atoms with van der Waals surface area (Å²) in [6, 6.07) is 4.87. The van der Waals surface area contributed by atoms with Crippen molar-refractivity contribution in [3.05, 3.63) is 23.7 Å². The van der Waals surface area contributed by atoms with Crippen molar-refractivity contribution in [3.63, 3.8) is 0 Å². The van der Waals surface area contributed by atoms with Gasteiger partial charge in [0.25, 0.3) is 0 Å². The number of aryl methyl sites for hydroxylation is 1. The van der Waals surface area contributed by atoms with Crippen molar-refractivity contribution in [2.75, 3.05) is 13.1 Å². The minimum absolute atomic E-state index is 0.656. The van der Waals surface area contributed by atoms with E-state index >= 15 is 0 Å². The molecule has 0 saturated carbocycles. The highest BCUT2D eigenvalue weighted by molar-refractivity contribution is 5.07. The molecule has 0 bridgehead atoms. The van der Waals surface area contributed by atoms with Gasteiger partial charge in [-0.05, 0) is 44.5 Å². The van der Waals surface area contributed by atoms with Crippen LogP contribution in [-0.4, -0.2) is 24.0 Å². The van der Waals surface area contributed by atoms with Crippen LogP contribution in [0.2, 0.25) is 0 Å². The molecule has 1 aromatic heterocycles. The molecule has 1 atom stereocenters. The van der Waals surface area contributed by atoms with Crippen LogP contribution in [0.5, 0.6) is 0 Å². The molecule has 3 heteroatoms. The van der Waals surface area contributed by atoms with Gasteiger partial charge in [-0.2, -0.15) is 0 Å². The van der Waals surface area contributed by atoms with Gasteiger partial charge in [0.1, 0.15) is 11.5 Å². The van der Waals surface area contributed by atoms with E-state index in [9.17, 15) is 0 Å². The van der Waals surface area contributed by atoms with Gasteiger partial charge >= 0.3 is 0 Å². The summed E-state index contributed by atoms with van der Waals surface area (Å²) in [6.45, 7) is 5.05. The predicted molar refractivity (Wildman–Crippen MR) is 69.8 cm³/mol. The highest BCUT2D eigenvalue weighted by Crippen LogP contribution is 2.22. The zero-order chi connectivity index (χ0) is 12.1. The SMILES string of the molecule is CCc1ccc(CN2CCCCC2CCN)o1. The summed E-state index contributed by atoms with van der Waals surface area (Å²) in [7, 11) is 0. The van der Waals surface area contributed by atoms with E-state index < -0.39 is 0 Å². The van der Waals surface area contributed by atoms with Gasteiger partial charge in [0.15, 0.2) is 0 Å². The highest BCUT2D eigenvalue weighted by Gasteiger charge is 2.22. The summed E-state index contributed by atoms with van der Waals surface area (Å²) in [5, 5.41) is 0. The maximum Gasteiger partial charge on any atom is 0.118 e. The number of piperidine rings is 1. The van der Waals surface area contributed by atoms with Gasteiger partial charge in [-0.3, -0.25) is 4.90 Å². The molecule has 17 heavy (non-hydrogen) atoms. The quantitative estimate of drug-likeness (QED) is 0.854. The van der Waals surface area contributed by atoms with Crippen molar-refractivity contribution in [1.29, 1.82) is 0 Å². The molecule has 0 spiro atoms. The maximum absolute atomic E-state index is 5.79. The molecule has 1 aliphatic rings. The number of hydrogen-bond donors (Lipinski definition) is 1. The number of nitrogens with zero attached hydrogens (tertiary/aromatic N) is 1. The van der Waals surface area contributed by atoms with Gasteiger partial charge in [0, 0.05) is 12.5 Å². The Balaban J connectivity index is 1.95. The lowest BCUT2D eigenvalue weighted by Crippen LogP contribution is -2.40. The van der Waals surface area contributed by atoms with E-state index in [2.05, 4.69) is 24.0 Å². The van der Waals surface area contributed by atoms with Crippen LogP contribution < -0.4 is 5.73 Å². The summed E-state index contributed by atoms with van der Waals surface area (Å²) in [6.07, 6.45) is 6.04. The predicted octanol–water partition coefficient (Wildman–Crippen LogP) is 2.55. The van der Waals surface area contributed by atoms with Gasteiger partial charge in [0.2, 0.25) is 0 Å². The molecule has 1 unspecified atom stereocenters. The van der Waals surface area contributed by atoms with E-state index in [1.165, 1.54) is 25.8 Å². The zero-order valence-corrected chi connectivity index (χ0v) is 10.8. The number of nitrogens with two attached hydrogens (primary N) is 1. The first-order valence-electron chi connectivity index (χ1n) is 6.85. The maximum atomic E-state index is 5.79. The first-order chi connectivity index (χ1) is 8.33. The summed E-state index contributed by atoms with van der Waals surface area (Å²) < 4.78 is 5.79. The van der Waals surface area contributed by atoms with Gasteiger partial charge in [-0.25, -0.2) is 0 Å². The van der Waals surface area contributed by atoms with Crippen LogP contribution in [-0.2, 0) is 13.0 Å². The average Bonchev–Trinajstić information content (AvgIpc) is 2.80. The first-order valence-corrected chi connectivity index (χ1v) is 6.85. The summed E-state index contributed by atoms with van der Waals surface area (Å²) in [4.78, 5) is 2.54. The van der Waals surface area contributed by atoms with Crippen molar-refractivity contribution < 1.29 is 4.42 Å². The van der Waals surface area contributed by atoms with Crippen LogP contribution in [0.1, 0.15) is 44.1 Å². The van der Waals surface area contributed by atoms with E-state index in [1.54, 1.807) is 0 Å². The zero-order valence-electron chi connectivity index (χ0n) is 10.8. The van der Waals surface area contributed by atoms with Gasteiger partial charge < -0.3 is 10.2 Å². The molecule has 96 valence electrons. The minimum atomic E-state index is 0.656. The lowest BCUT2D eigenvalue weighted by molar-refractivity contribution is 0.124. The Morgan fingerprint density at radius 2 is 2.18 bits per heavy atom. The molecule has 0 radical (unpaired) electrons. The molecule has 2 heterocycles. The summed E-state index contributed by atoms with van der Waals surface area (Å²) in [5.74, 6) is 2.19. The molecule has 1 saturated heterocycles. The monoisotopic (exact) mass is 236 g/mol. The number of rotatable bonds is 5. The molecule has 1 aromatic rings. The third kappa shape index (κ3) is 3.33. The lowest BCUT2D eigenvalue weighted by atomic mass is 9.99. The van der Waals surface area contributed by atoms with Gasteiger partial charge in [-0.1, -0.05) is 13.3 Å². The van der Waals surface area contributed by atoms with E-state index in [0.29, 0.717) is 6.04 Å². The summed E-state index contributed by atoms with van der Waals surface area (Å²) >= 11 is 0. The molecule has 0 aliphatic carbocycles. The van der Waals surface area contributed by atoms with Crippen molar-refractivity contribution in [1.82, 2.24) is 4.90 Å².